The van der Waals surface area contributed by atoms with Crippen LogP contribution in [0.3, 0.4) is 0 Å². The fourth-order valence-electron chi connectivity index (χ4n) is 3.55. The van der Waals surface area contributed by atoms with Gasteiger partial charge < -0.3 is 14.6 Å². The van der Waals surface area contributed by atoms with E-state index in [4.69, 9.17) is 0 Å². The Morgan fingerprint density at radius 3 is 2.80 bits per heavy atom. The zero-order valence-corrected chi connectivity index (χ0v) is 14.9. The third kappa shape index (κ3) is 4.66. The summed E-state index contributed by atoms with van der Waals surface area (Å²) in [6.07, 6.45) is 2.90. The standard InChI is InChI=1S/C19H27FN4O/c1-22(13-18(25)15-6-4-3-5-7-15)12-17-10-16(20)11-24(17)14-19-21-8-9-23(19)2/h3-9,16-18,25H,10-14H2,1-2H3/t16-,17-,18+/m0/s1. The number of benzene rings is 1. The van der Waals surface area contributed by atoms with E-state index in [1.165, 1.54) is 0 Å². The molecule has 2 heterocycles. The smallest absolute Gasteiger partial charge is 0.122 e. The van der Waals surface area contributed by atoms with Gasteiger partial charge in [0.25, 0.3) is 0 Å². The molecule has 25 heavy (non-hydrogen) atoms. The molecule has 0 spiro atoms. The van der Waals surface area contributed by atoms with Crippen LogP contribution in [0.25, 0.3) is 0 Å². The molecule has 0 aliphatic carbocycles. The van der Waals surface area contributed by atoms with Gasteiger partial charge in [-0.1, -0.05) is 30.3 Å². The first kappa shape index (κ1) is 18.0. The molecule has 1 N–H and O–H groups in total. The van der Waals surface area contributed by atoms with Crippen molar-refractivity contribution in [3.8, 4) is 0 Å². The number of rotatable bonds is 7. The van der Waals surface area contributed by atoms with Gasteiger partial charge >= 0.3 is 0 Å². The second-order valence-electron chi connectivity index (χ2n) is 7.02. The summed E-state index contributed by atoms with van der Waals surface area (Å²) in [6, 6.07) is 9.79. The quantitative estimate of drug-likeness (QED) is 0.833. The monoisotopic (exact) mass is 346 g/mol. The molecule has 3 rings (SSSR count). The van der Waals surface area contributed by atoms with Crippen LogP contribution in [-0.2, 0) is 13.6 Å². The van der Waals surface area contributed by atoms with Crippen molar-refractivity contribution in [1.82, 2.24) is 19.4 Å². The molecule has 0 radical (unpaired) electrons. The first-order chi connectivity index (χ1) is 12.0. The van der Waals surface area contributed by atoms with E-state index in [2.05, 4.69) is 14.8 Å². The Kier molecular flexibility index (Phi) is 5.83. The van der Waals surface area contributed by atoms with E-state index in [1.54, 1.807) is 6.20 Å². The molecule has 1 aliphatic rings. The molecule has 0 amide bonds. The molecule has 136 valence electrons. The van der Waals surface area contributed by atoms with E-state index < -0.39 is 12.3 Å². The largest absolute Gasteiger partial charge is 0.387 e. The van der Waals surface area contributed by atoms with Crippen LogP contribution in [0.15, 0.2) is 42.7 Å². The number of hydrogen-bond donors (Lipinski definition) is 1. The third-order valence-electron chi connectivity index (χ3n) is 4.93. The molecule has 1 aromatic carbocycles. The number of aliphatic hydroxyl groups excluding tert-OH is 1. The number of aromatic nitrogens is 2. The maximum Gasteiger partial charge on any atom is 0.122 e. The summed E-state index contributed by atoms with van der Waals surface area (Å²) < 4.78 is 16.0. The number of nitrogens with zero attached hydrogens (tertiary/aromatic N) is 4. The van der Waals surface area contributed by atoms with E-state index in [1.807, 2.05) is 55.2 Å². The number of alkyl halides is 1. The van der Waals surface area contributed by atoms with Crippen molar-refractivity contribution >= 4 is 0 Å². The lowest BCUT2D eigenvalue weighted by molar-refractivity contribution is 0.106. The lowest BCUT2D eigenvalue weighted by atomic mass is 10.1. The summed E-state index contributed by atoms with van der Waals surface area (Å²) in [5.41, 5.74) is 0.911. The molecule has 2 aromatic rings. The molecular weight excluding hydrogens is 319 g/mol. The van der Waals surface area contributed by atoms with Gasteiger partial charge in [0.1, 0.15) is 12.0 Å². The van der Waals surface area contributed by atoms with Crippen LogP contribution >= 0.6 is 0 Å². The Hall–Kier alpha value is -1.76. The Labute approximate surface area is 148 Å². The van der Waals surface area contributed by atoms with Gasteiger partial charge in [-0.05, 0) is 19.0 Å². The molecule has 1 saturated heterocycles. The van der Waals surface area contributed by atoms with Gasteiger partial charge in [-0.2, -0.15) is 0 Å². The molecule has 5 nitrogen and oxygen atoms in total. The molecule has 1 fully saturated rings. The van der Waals surface area contributed by atoms with Crippen LogP contribution in [0.5, 0.6) is 0 Å². The average molecular weight is 346 g/mol. The summed E-state index contributed by atoms with van der Waals surface area (Å²) >= 11 is 0. The Bertz CT molecular complexity index is 662. The number of hydrogen-bond acceptors (Lipinski definition) is 4. The van der Waals surface area contributed by atoms with E-state index in [0.717, 1.165) is 17.9 Å². The summed E-state index contributed by atoms with van der Waals surface area (Å²) in [5, 5.41) is 10.4. The lowest BCUT2D eigenvalue weighted by Gasteiger charge is -2.29. The highest BCUT2D eigenvalue weighted by Gasteiger charge is 2.33. The van der Waals surface area contributed by atoms with Gasteiger partial charge in [-0.25, -0.2) is 9.37 Å². The Morgan fingerprint density at radius 2 is 2.12 bits per heavy atom. The van der Waals surface area contributed by atoms with Crippen molar-refractivity contribution in [2.75, 3.05) is 26.7 Å². The topological polar surface area (TPSA) is 44.5 Å². The van der Waals surface area contributed by atoms with E-state index in [-0.39, 0.29) is 6.04 Å². The van der Waals surface area contributed by atoms with Crippen molar-refractivity contribution in [1.29, 1.82) is 0 Å². The number of aliphatic hydroxyl groups is 1. The molecule has 6 heteroatoms. The Balaban J connectivity index is 1.57. The first-order valence-corrected chi connectivity index (χ1v) is 8.79. The van der Waals surface area contributed by atoms with Crippen molar-refractivity contribution in [2.24, 2.45) is 7.05 Å². The summed E-state index contributed by atoms with van der Waals surface area (Å²) in [7, 11) is 3.94. The average Bonchev–Trinajstić information content (AvgIpc) is 3.14. The van der Waals surface area contributed by atoms with Crippen molar-refractivity contribution in [3.05, 3.63) is 54.1 Å². The zero-order chi connectivity index (χ0) is 17.8. The highest BCUT2D eigenvalue weighted by Crippen LogP contribution is 2.23. The van der Waals surface area contributed by atoms with Crippen LogP contribution in [-0.4, -0.2) is 63.4 Å². The molecule has 0 saturated carbocycles. The number of likely N-dealkylation sites (tertiary alicyclic amines) is 1. The molecule has 1 aromatic heterocycles. The maximum absolute atomic E-state index is 14.0. The Morgan fingerprint density at radius 1 is 1.36 bits per heavy atom. The molecule has 1 aliphatic heterocycles. The normalized spacial score (nSPS) is 22.6. The highest BCUT2D eigenvalue weighted by molar-refractivity contribution is 5.17. The van der Waals surface area contributed by atoms with Crippen LogP contribution in [0, 0.1) is 0 Å². The van der Waals surface area contributed by atoms with Crippen LogP contribution in [0.4, 0.5) is 4.39 Å². The van der Waals surface area contributed by atoms with Crippen molar-refractivity contribution in [3.63, 3.8) is 0 Å². The number of imidazole rings is 1. The third-order valence-corrected chi connectivity index (χ3v) is 4.93. The minimum atomic E-state index is -0.794. The molecule has 3 atom stereocenters. The fraction of sp³-hybridized carbons (Fsp3) is 0.526. The predicted octanol–water partition coefficient (Wildman–Crippen LogP) is 2.00. The van der Waals surface area contributed by atoms with Crippen LogP contribution in [0.1, 0.15) is 23.9 Å². The van der Waals surface area contributed by atoms with E-state index >= 15 is 0 Å². The van der Waals surface area contributed by atoms with Gasteiger partial charge in [-0.3, -0.25) is 4.90 Å². The summed E-state index contributed by atoms with van der Waals surface area (Å²) in [5.74, 6) is 0.950. The van der Waals surface area contributed by atoms with Gasteiger partial charge in [0.05, 0.1) is 12.6 Å². The van der Waals surface area contributed by atoms with E-state index in [9.17, 15) is 9.50 Å². The van der Waals surface area contributed by atoms with Crippen LogP contribution in [0.2, 0.25) is 0 Å². The summed E-state index contributed by atoms with van der Waals surface area (Å²) in [4.78, 5) is 8.61. The van der Waals surface area contributed by atoms with Crippen LogP contribution < -0.4 is 0 Å². The SMILES string of the molecule is CN(C[C@@H]1C[C@H](F)CN1Cc1nccn1C)C[C@@H](O)c1ccccc1. The molecule has 0 bridgehead atoms. The minimum Gasteiger partial charge on any atom is -0.387 e. The summed E-state index contributed by atoms with van der Waals surface area (Å²) in [6.45, 7) is 2.37. The van der Waals surface area contributed by atoms with Crippen molar-refractivity contribution < 1.29 is 9.50 Å². The number of aryl methyl sites for hydroxylation is 1. The first-order valence-electron chi connectivity index (χ1n) is 8.79. The van der Waals surface area contributed by atoms with E-state index in [0.29, 0.717) is 26.1 Å². The number of likely N-dealkylation sites (N-methyl/N-ethyl adjacent to an activating group) is 1. The molecule has 0 unspecified atom stereocenters. The fourth-order valence-corrected chi connectivity index (χ4v) is 3.55. The maximum atomic E-state index is 14.0. The second-order valence-corrected chi connectivity index (χ2v) is 7.02. The second kappa shape index (κ2) is 8.08. The highest BCUT2D eigenvalue weighted by atomic mass is 19.1. The molecular formula is C19H27FN4O. The predicted molar refractivity (Wildman–Crippen MR) is 95.8 cm³/mol. The zero-order valence-electron chi connectivity index (χ0n) is 14.9. The van der Waals surface area contributed by atoms with Gasteiger partial charge in [0.15, 0.2) is 0 Å². The lowest BCUT2D eigenvalue weighted by Crippen LogP contribution is -2.40. The number of halogens is 1. The van der Waals surface area contributed by atoms with Crippen molar-refractivity contribution in [2.45, 2.75) is 31.3 Å². The van der Waals surface area contributed by atoms with Gasteiger partial charge in [0.2, 0.25) is 0 Å². The van der Waals surface area contributed by atoms with Gasteiger partial charge in [0, 0.05) is 45.1 Å². The minimum absolute atomic E-state index is 0.139. The van der Waals surface area contributed by atoms with Gasteiger partial charge in [-0.15, -0.1) is 0 Å².